The molecule has 6 aromatic carbocycles. The Labute approximate surface area is 457 Å². The minimum atomic E-state index is -6.88. The minimum Gasteiger partial charge on any atom is -0.494 e. The molecule has 0 fully saturated rings. The summed E-state index contributed by atoms with van der Waals surface area (Å²) in [6.45, 7) is 4.78. The second-order valence-electron chi connectivity index (χ2n) is 19.1. The van der Waals surface area contributed by atoms with Crippen molar-refractivity contribution in [3.63, 3.8) is 0 Å². The molecule has 10 nitrogen and oxygen atoms in total. The first-order valence-electron chi connectivity index (χ1n) is 26.4. The number of rotatable bonds is 30. The number of esters is 4. The van der Waals surface area contributed by atoms with Crippen molar-refractivity contribution in [3.05, 3.63) is 155 Å². The fraction of sp³-hybridized carbons (Fsp3) is 0.377. The Morgan fingerprint density at radius 3 is 1.16 bits per heavy atom. The topological polar surface area (TPSA) is 124 Å². The normalized spacial score (nSPS) is 12.0. The van der Waals surface area contributed by atoms with Gasteiger partial charge in [-0.3, -0.25) is 0 Å². The highest BCUT2D eigenvalue weighted by Crippen LogP contribution is 2.54. The molecule has 0 heterocycles. The molecule has 428 valence electrons. The number of fused-ring (bicyclic) bond motifs is 1. The molecule has 0 amide bonds. The molecule has 6 rings (SSSR count). The van der Waals surface area contributed by atoms with Crippen molar-refractivity contribution in [1.82, 2.24) is 0 Å². The Morgan fingerprint density at radius 1 is 0.388 bits per heavy atom. The van der Waals surface area contributed by atoms with E-state index in [-0.39, 0.29) is 59.1 Å². The van der Waals surface area contributed by atoms with Crippen LogP contribution in [0.15, 0.2) is 127 Å². The first-order valence-corrected chi connectivity index (χ1v) is 26.4. The smallest absolute Gasteiger partial charge is 0.460 e. The van der Waals surface area contributed by atoms with Gasteiger partial charge in [-0.15, -0.1) is 0 Å². The molecule has 0 aliphatic rings. The van der Waals surface area contributed by atoms with Crippen molar-refractivity contribution in [2.45, 2.75) is 134 Å². The number of hydrogen-bond donors (Lipinski definition) is 0. The number of benzene rings is 6. The average Bonchev–Trinajstić information content (AvgIpc) is 3.50. The Kier molecular flexibility index (Phi) is 22.0. The average molecular weight is 1130 g/mol. The van der Waals surface area contributed by atoms with Crippen LogP contribution in [-0.2, 0) is 0 Å². The van der Waals surface area contributed by atoms with Crippen LogP contribution in [0.5, 0.6) is 34.5 Å². The van der Waals surface area contributed by atoms with E-state index >= 15 is 0 Å². The molecular formula is C61H61F9O10. The van der Waals surface area contributed by atoms with Gasteiger partial charge < -0.3 is 28.4 Å². The molecule has 0 aliphatic heterocycles. The van der Waals surface area contributed by atoms with E-state index in [1.54, 1.807) is 61.5 Å². The van der Waals surface area contributed by atoms with Crippen LogP contribution in [0.25, 0.3) is 10.8 Å². The number of halogens is 9. The molecule has 0 saturated carbocycles. The summed E-state index contributed by atoms with van der Waals surface area (Å²) in [6, 6.07) is 32.8. The summed E-state index contributed by atoms with van der Waals surface area (Å²) in [5.41, 5.74) is 1.47. The molecule has 0 aliphatic carbocycles. The summed E-state index contributed by atoms with van der Waals surface area (Å²) in [7, 11) is 0. The van der Waals surface area contributed by atoms with Gasteiger partial charge in [0.15, 0.2) is 0 Å². The summed E-state index contributed by atoms with van der Waals surface area (Å²) in [5.74, 6) is -19.7. The predicted molar refractivity (Wildman–Crippen MR) is 281 cm³/mol. The number of carbonyl (C=O) groups is 4. The van der Waals surface area contributed by atoms with Crippen molar-refractivity contribution >= 4 is 34.6 Å². The van der Waals surface area contributed by atoms with Crippen LogP contribution in [0.1, 0.15) is 150 Å². The molecule has 6 aromatic rings. The van der Waals surface area contributed by atoms with E-state index < -0.39 is 60.7 Å². The standard InChI is InChI=1S/C61H61F9O10/c1-3-4-5-6-7-9-12-15-38-75-47-27-18-43(19-28-47)54(71)77-49-31-22-45(23-32-49)56(73)79-51-35-17-42-26-36-53(41(2)52(42)40-51)80-57(74)46-24-33-50(34-25-46)78-55(72)44-20-29-48(30-21-44)76-39-16-13-10-8-11-14-37-58(62,63)59(64,65)60(66,67)61(68,69)70/h17-36,40H,3-16,37-39H2,1-2H3. The molecular weight excluding hydrogens is 1060 g/mol. The summed E-state index contributed by atoms with van der Waals surface area (Å²) in [5, 5.41) is 1.44. The van der Waals surface area contributed by atoms with Crippen LogP contribution in [0.3, 0.4) is 0 Å². The number of aryl methyl sites for hydroxylation is 1. The predicted octanol–water partition coefficient (Wildman–Crippen LogP) is 17.1. The maximum absolute atomic E-state index is 13.7. The molecule has 0 atom stereocenters. The summed E-state index contributed by atoms with van der Waals surface area (Å²) in [6.07, 6.45) is 1.88. The maximum Gasteiger partial charge on any atom is 0.460 e. The van der Waals surface area contributed by atoms with Crippen molar-refractivity contribution in [3.8, 4) is 34.5 Å². The van der Waals surface area contributed by atoms with E-state index in [2.05, 4.69) is 6.92 Å². The van der Waals surface area contributed by atoms with Crippen LogP contribution in [-0.4, -0.2) is 61.0 Å². The van der Waals surface area contributed by atoms with Crippen molar-refractivity contribution in [2.75, 3.05) is 13.2 Å². The van der Waals surface area contributed by atoms with Crippen LogP contribution >= 0.6 is 0 Å². The largest absolute Gasteiger partial charge is 0.494 e. The van der Waals surface area contributed by atoms with Crippen molar-refractivity contribution < 1.29 is 87.1 Å². The Balaban J connectivity index is 0.895. The second-order valence-corrected chi connectivity index (χ2v) is 19.1. The molecule has 0 bridgehead atoms. The van der Waals surface area contributed by atoms with Gasteiger partial charge in [-0.2, -0.15) is 39.5 Å². The lowest BCUT2D eigenvalue weighted by Gasteiger charge is -2.33. The molecule has 0 saturated heterocycles. The summed E-state index contributed by atoms with van der Waals surface area (Å²) >= 11 is 0. The number of ether oxygens (including phenoxy) is 6. The Morgan fingerprint density at radius 2 is 0.738 bits per heavy atom. The molecule has 0 spiro atoms. The molecule has 80 heavy (non-hydrogen) atoms. The van der Waals surface area contributed by atoms with E-state index in [4.69, 9.17) is 28.4 Å². The fourth-order valence-corrected chi connectivity index (χ4v) is 8.29. The van der Waals surface area contributed by atoms with E-state index in [9.17, 15) is 58.7 Å². The number of unbranched alkanes of at least 4 members (excludes halogenated alkanes) is 12. The maximum atomic E-state index is 13.7. The van der Waals surface area contributed by atoms with E-state index in [0.29, 0.717) is 53.9 Å². The molecule has 0 radical (unpaired) electrons. The van der Waals surface area contributed by atoms with Crippen molar-refractivity contribution in [1.29, 1.82) is 0 Å². The Hall–Kier alpha value is -7.57. The highest BCUT2D eigenvalue weighted by atomic mass is 19.4. The zero-order chi connectivity index (χ0) is 57.9. The van der Waals surface area contributed by atoms with E-state index in [0.717, 1.165) is 18.2 Å². The zero-order valence-corrected chi connectivity index (χ0v) is 44.1. The third-order valence-corrected chi connectivity index (χ3v) is 13.0. The summed E-state index contributed by atoms with van der Waals surface area (Å²) < 4.78 is 151. The van der Waals surface area contributed by atoms with Crippen molar-refractivity contribution in [2.24, 2.45) is 0 Å². The molecule has 19 heteroatoms. The lowest BCUT2D eigenvalue weighted by molar-refractivity contribution is -0.396. The monoisotopic (exact) mass is 1120 g/mol. The van der Waals surface area contributed by atoms with E-state index in [1.807, 2.05) is 0 Å². The fourth-order valence-electron chi connectivity index (χ4n) is 8.29. The van der Waals surface area contributed by atoms with Gasteiger partial charge in [-0.25, -0.2) is 19.2 Å². The number of carbonyl (C=O) groups excluding carboxylic acids is 4. The molecule has 0 aromatic heterocycles. The second kappa shape index (κ2) is 28.5. The summed E-state index contributed by atoms with van der Waals surface area (Å²) in [4.78, 5) is 52.1. The van der Waals surface area contributed by atoms with Gasteiger partial charge >= 0.3 is 47.8 Å². The van der Waals surface area contributed by atoms with Crippen LogP contribution in [0.2, 0.25) is 0 Å². The SMILES string of the molecule is CCCCCCCCCCOc1ccc(C(=O)Oc2ccc(C(=O)Oc3ccc4ccc(OC(=O)c5ccc(OC(=O)c6ccc(OCCCCCCCCC(F)(F)C(F)(F)C(F)(F)C(F)(F)F)cc6)cc5)c(C)c4c3)cc2)cc1. The van der Waals surface area contributed by atoms with Crippen LogP contribution in [0, 0.1) is 6.92 Å². The van der Waals surface area contributed by atoms with Gasteiger partial charge in [0.1, 0.15) is 34.5 Å². The van der Waals surface area contributed by atoms with E-state index in [1.165, 1.54) is 111 Å². The number of hydrogen-bond acceptors (Lipinski definition) is 10. The first kappa shape index (κ1) is 61.6. The highest BCUT2D eigenvalue weighted by molar-refractivity contribution is 5.96. The Bertz CT molecular complexity index is 2980. The van der Waals surface area contributed by atoms with Gasteiger partial charge in [0.05, 0.1) is 35.5 Å². The van der Waals surface area contributed by atoms with Gasteiger partial charge in [0, 0.05) is 6.42 Å². The lowest BCUT2D eigenvalue weighted by atomic mass is 9.98. The molecule has 0 unspecified atom stereocenters. The highest BCUT2D eigenvalue weighted by Gasteiger charge is 2.81. The zero-order valence-electron chi connectivity index (χ0n) is 44.1. The lowest BCUT2D eigenvalue weighted by Crippen LogP contribution is -2.60. The third-order valence-electron chi connectivity index (χ3n) is 13.0. The van der Waals surface area contributed by atoms with Gasteiger partial charge in [0.2, 0.25) is 0 Å². The number of alkyl halides is 9. The quantitative estimate of drug-likeness (QED) is 0.0186. The molecule has 0 N–H and O–H groups in total. The van der Waals surface area contributed by atoms with Gasteiger partial charge in [-0.05, 0) is 158 Å². The van der Waals surface area contributed by atoms with Crippen LogP contribution < -0.4 is 28.4 Å². The first-order chi connectivity index (χ1) is 38.1. The van der Waals surface area contributed by atoms with Crippen LogP contribution in [0.4, 0.5) is 39.5 Å². The minimum absolute atomic E-state index is 0.0896. The van der Waals surface area contributed by atoms with Gasteiger partial charge in [0.25, 0.3) is 0 Å². The van der Waals surface area contributed by atoms with Gasteiger partial charge in [-0.1, -0.05) is 89.7 Å². The third kappa shape index (κ3) is 17.0.